The molecule has 0 aromatic carbocycles. The van der Waals surface area contributed by atoms with E-state index in [9.17, 15) is 22.1 Å². The van der Waals surface area contributed by atoms with Gasteiger partial charge in [0.05, 0.1) is 0 Å². The number of hydrogen-bond donors (Lipinski definition) is 0. The van der Waals surface area contributed by atoms with Gasteiger partial charge in [-0.25, -0.2) is 4.57 Å². The standard InChI is InChI=1S/C5H5F4O4P/c1-11-14(10,12-2-4(6)7)13-3-5(8)9/h2-3H,1H3. The zero-order chi connectivity index (χ0) is 11.2. The summed E-state index contributed by atoms with van der Waals surface area (Å²) in [6.45, 7) is 0. The molecule has 0 heterocycles. The molecule has 0 saturated heterocycles. The maximum Gasteiger partial charge on any atom is 0.586 e. The van der Waals surface area contributed by atoms with Gasteiger partial charge in [-0.05, 0) is 0 Å². The third kappa shape index (κ3) is 5.60. The van der Waals surface area contributed by atoms with Crippen molar-refractivity contribution in [3.8, 4) is 0 Å². The molecule has 0 aromatic rings. The van der Waals surface area contributed by atoms with E-state index in [1.54, 1.807) is 0 Å². The maximum atomic E-state index is 11.4. The number of phosphoric ester groups is 1. The van der Waals surface area contributed by atoms with E-state index in [2.05, 4.69) is 13.6 Å². The highest BCUT2D eigenvalue weighted by Gasteiger charge is 2.26. The molecule has 0 unspecified atom stereocenters. The Morgan fingerprint density at radius 3 is 1.64 bits per heavy atom. The lowest BCUT2D eigenvalue weighted by atomic mass is 11.1. The van der Waals surface area contributed by atoms with E-state index in [1.807, 2.05) is 0 Å². The molecule has 14 heavy (non-hydrogen) atoms. The highest BCUT2D eigenvalue weighted by atomic mass is 31.2. The Kier molecular flexibility index (Phi) is 5.26. The van der Waals surface area contributed by atoms with Crippen molar-refractivity contribution >= 4 is 7.82 Å². The van der Waals surface area contributed by atoms with Gasteiger partial charge in [0.15, 0.2) is 12.5 Å². The summed E-state index contributed by atoms with van der Waals surface area (Å²) in [5.74, 6) is 0. The van der Waals surface area contributed by atoms with Crippen molar-refractivity contribution in [3.63, 3.8) is 0 Å². The van der Waals surface area contributed by atoms with Crippen molar-refractivity contribution in [2.24, 2.45) is 0 Å². The van der Waals surface area contributed by atoms with Gasteiger partial charge in [0, 0.05) is 7.11 Å². The average molecular weight is 236 g/mol. The fourth-order valence-electron chi connectivity index (χ4n) is 0.320. The fourth-order valence-corrected chi connectivity index (χ4v) is 0.959. The maximum absolute atomic E-state index is 11.4. The summed E-state index contributed by atoms with van der Waals surface area (Å²) in [6, 6.07) is 0. The minimum absolute atomic E-state index is 0.228. The van der Waals surface area contributed by atoms with Crippen LogP contribution in [0.3, 0.4) is 0 Å². The quantitative estimate of drug-likeness (QED) is 0.417. The Balaban J connectivity index is 4.41. The molecule has 0 N–H and O–H groups in total. The molecule has 0 radical (unpaired) electrons. The van der Waals surface area contributed by atoms with Crippen LogP contribution in [0.5, 0.6) is 0 Å². The predicted molar refractivity (Wildman–Crippen MR) is 37.4 cm³/mol. The van der Waals surface area contributed by atoms with E-state index in [0.717, 1.165) is 7.11 Å². The van der Waals surface area contributed by atoms with Crippen molar-refractivity contribution in [2.75, 3.05) is 7.11 Å². The second-order valence-electron chi connectivity index (χ2n) is 1.66. The first-order valence-electron chi connectivity index (χ1n) is 2.94. The van der Waals surface area contributed by atoms with Crippen LogP contribution in [0.25, 0.3) is 0 Å². The van der Waals surface area contributed by atoms with Crippen molar-refractivity contribution in [1.29, 1.82) is 0 Å². The van der Waals surface area contributed by atoms with E-state index in [0.29, 0.717) is 0 Å². The lowest BCUT2D eigenvalue weighted by Crippen LogP contribution is -1.89. The normalized spacial score (nSPS) is 10.4. The molecule has 82 valence electrons. The molecule has 9 heteroatoms. The van der Waals surface area contributed by atoms with E-state index < -0.39 is 20.0 Å². The van der Waals surface area contributed by atoms with E-state index in [4.69, 9.17) is 0 Å². The van der Waals surface area contributed by atoms with Crippen molar-refractivity contribution < 1.29 is 35.7 Å². The molecule has 0 saturated carbocycles. The fraction of sp³-hybridized carbons (Fsp3) is 0.200. The van der Waals surface area contributed by atoms with Crippen molar-refractivity contribution in [3.05, 3.63) is 24.7 Å². The van der Waals surface area contributed by atoms with Gasteiger partial charge in [0.2, 0.25) is 0 Å². The molecule has 4 nitrogen and oxygen atoms in total. The second-order valence-corrected chi connectivity index (χ2v) is 3.34. The third-order valence-corrected chi connectivity index (χ3v) is 1.94. The van der Waals surface area contributed by atoms with Gasteiger partial charge in [-0.1, -0.05) is 0 Å². The van der Waals surface area contributed by atoms with Crippen LogP contribution in [0, 0.1) is 0 Å². The van der Waals surface area contributed by atoms with Crippen LogP contribution in [0.2, 0.25) is 0 Å². The largest absolute Gasteiger partial charge is 0.586 e. The van der Waals surface area contributed by atoms with E-state index >= 15 is 0 Å². The molecule has 0 bridgehead atoms. The Morgan fingerprint density at radius 2 is 1.43 bits per heavy atom. The van der Waals surface area contributed by atoms with Gasteiger partial charge in [0.25, 0.3) is 0 Å². The van der Waals surface area contributed by atoms with Crippen molar-refractivity contribution in [1.82, 2.24) is 0 Å². The van der Waals surface area contributed by atoms with Gasteiger partial charge in [0.1, 0.15) is 0 Å². The van der Waals surface area contributed by atoms with Gasteiger partial charge < -0.3 is 9.05 Å². The molecule has 0 aliphatic carbocycles. The zero-order valence-corrected chi connectivity index (χ0v) is 7.64. The number of halogens is 4. The summed E-state index contributed by atoms with van der Waals surface area (Å²) in [5, 5.41) is 0. The van der Waals surface area contributed by atoms with Crippen LogP contribution in [0.1, 0.15) is 0 Å². The van der Waals surface area contributed by atoms with Crippen molar-refractivity contribution in [2.45, 2.75) is 0 Å². The SMILES string of the molecule is COP(=O)(OC=C(F)F)OC=C(F)F. The lowest BCUT2D eigenvalue weighted by Gasteiger charge is -2.10. The summed E-state index contributed by atoms with van der Waals surface area (Å²) in [7, 11) is -3.63. The summed E-state index contributed by atoms with van der Waals surface area (Å²) < 4.78 is 68.3. The Hall–Kier alpha value is -1.01. The Labute approximate surface area is 76.4 Å². The zero-order valence-electron chi connectivity index (χ0n) is 6.75. The first-order valence-corrected chi connectivity index (χ1v) is 4.40. The Morgan fingerprint density at radius 1 is 1.07 bits per heavy atom. The van der Waals surface area contributed by atoms with Gasteiger partial charge >= 0.3 is 20.0 Å². The minimum Gasteiger partial charge on any atom is -0.397 e. The highest BCUT2D eigenvalue weighted by molar-refractivity contribution is 7.48. The molecular formula is C5H5F4O4P. The average Bonchev–Trinajstić information content (AvgIpc) is 2.11. The molecule has 0 aliphatic rings. The third-order valence-electron chi connectivity index (χ3n) is 0.765. The molecular weight excluding hydrogens is 231 g/mol. The van der Waals surface area contributed by atoms with E-state index in [1.165, 1.54) is 0 Å². The minimum atomic E-state index is -4.42. The molecule has 0 aliphatic heterocycles. The first-order chi connectivity index (χ1) is 6.39. The molecule has 0 aromatic heterocycles. The summed E-state index contributed by atoms with van der Waals surface area (Å²) in [6.07, 6.45) is -5.08. The number of phosphoric acid groups is 1. The van der Waals surface area contributed by atoms with Crippen LogP contribution in [0.4, 0.5) is 17.6 Å². The number of rotatable bonds is 5. The monoisotopic (exact) mass is 236 g/mol. The van der Waals surface area contributed by atoms with Crippen LogP contribution in [-0.2, 0) is 18.1 Å². The molecule has 0 atom stereocenters. The number of hydrogen-bond acceptors (Lipinski definition) is 4. The molecule has 0 rings (SSSR count). The topological polar surface area (TPSA) is 44.8 Å². The first kappa shape index (κ1) is 13.0. The molecule has 0 spiro atoms. The molecule has 0 amide bonds. The van der Waals surface area contributed by atoms with Crippen LogP contribution in [0.15, 0.2) is 24.7 Å². The van der Waals surface area contributed by atoms with Gasteiger partial charge in [-0.3, -0.25) is 4.52 Å². The summed E-state index contributed by atoms with van der Waals surface area (Å²) in [4.78, 5) is 0. The van der Waals surface area contributed by atoms with Crippen LogP contribution < -0.4 is 0 Å². The second kappa shape index (κ2) is 5.66. The van der Waals surface area contributed by atoms with Gasteiger partial charge in [-0.2, -0.15) is 17.6 Å². The predicted octanol–water partition coefficient (Wildman–Crippen LogP) is 3.25. The lowest BCUT2D eigenvalue weighted by molar-refractivity contribution is 0.197. The highest BCUT2D eigenvalue weighted by Crippen LogP contribution is 2.49. The molecule has 0 fully saturated rings. The smallest absolute Gasteiger partial charge is 0.397 e. The van der Waals surface area contributed by atoms with E-state index in [-0.39, 0.29) is 12.5 Å². The summed E-state index contributed by atoms with van der Waals surface area (Å²) in [5.41, 5.74) is 0. The van der Waals surface area contributed by atoms with Crippen LogP contribution >= 0.6 is 7.82 Å². The van der Waals surface area contributed by atoms with Gasteiger partial charge in [-0.15, -0.1) is 0 Å². The Bertz CT molecular complexity index is 257. The van der Waals surface area contributed by atoms with Crippen LogP contribution in [-0.4, -0.2) is 7.11 Å². The summed E-state index contributed by atoms with van der Waals surface area (Å²) >= 11 is 0.